The number of hydrogen-bond donors (Lipinski definition) is 1. The maximum atomic E-state index is 5.42. The minimum absolute atomic E-state index is 0.182. The molecule has 0 aliphatic carbocycles. The summed E-state index contributed by atoms with van der Waals surface area (Å²) in [6, 6.07) is 8.18. The highest BCUT2D eigenvalue weighted by molar-refractivity contribution is 5.35. The predicted octanol–water partition coefficient (Wildman–Crippen LogP) is 1.99. The van der Waals surface area contributed by atoms with Crippen LogP contribution in [0.1, 0.15) is 18.5 Å². The minimum Gasteiger partial charge on any atom is -0.496 e. The summed E-state index contributed by atoms with van der Waals surface area (Å²) in [6.45, 7) is 3.38. The predicted molar refractivity (Wildman–Crippen MR) is 61.3 cm³/mol. The van der Waals surface area contributed by atoms with Gasteiger partial charge in [-0.1, -0.05) is 18.2 Å². The molecule has 1 aromatic carbocycles. The van der Waals surface area contributed by atoms with Gasteiger partial charge in [0.05, 0.1) is 19.8 Å². The molecule has 0 bridgehead atoms. The van der Waals surface area contributed by atoms with Crippen molar-refractivity contribution in [3.05, 3.63) is 29.8 Å². The van der Waals surface area contributed by atoms with Crippen molar-refractivity contribution in [2.75, 3.05) is 27.4 Å². The van der Waals surface area contributed by atoms with E-state index in [1.807, 2.05) is 32.2 Å². The Hall–Kier alpha value is -1.06. The Morgan fingerprint density at radius 1 is 1.33 bits per heavy atom. The van der Waals surface area contributed by atoms with Crippen LogP contribution in [0.3, 0.4) is 0 Å². The lowest BCUT2D eigenvalue weighted by molar-refractivity contribution is 0.124. The van der Waals surface area contributed by atoms with Crippen LogP contribution in [0.4, 0.5) is 0 Å². The minimum atomic E-state index is 0.182. The standard InChI is InChI=1S/C12H19NO2/c1-4-15-9-11(13-2)10-7-5-6-8-12(10)14-3/h5-8,11,13H,4,9H2,1-3H3. The van der Waals surface area contributed by atoms with Gasteiger partial charge < -0.3 is 14.8 Å². The number of rotatable bonds is 6. The van der Waals surface area contributed by atoms with Gasteiger partial charge in [-0.25, -0.2) is 0 Å². The molecule has 1 rings (SSSR count). The van der Waals surface area contributed by atoms with Gasteiger partial charge in [0, 0.05) is 12.2 Å². The Morgan fingerprint density at radius 3 is 2.67 bits per heavy atom. The van der Waals surface area contributed by atoms with Crippen molar-refractivity contribution in [2.24, 2.45) is 0 Å². The van der Waals surface area contributed by atoms with E-state index in [4.69, 9.17) is 9.47 Å². The van der Waals surface area contributed by atoms with Crippen LogP contribution in [0.25, 0.3) is 0 Å². The van der Waals surface area contributed by atoms with Gasteiger partial charge in [-0.05, 0) is 20.0 Å². The molecule has 0 radical (unpaired) electrons. The molecule has 1 N–H and O–H groups in total. The van der Waals surface area contributed by atoms with Gasteiger partial charge in [-0.2, -0.15) is 0 Å². The molecule has 0 fully saturated rings. The maximum absolute atomic E-state index is 5.42. The average Bonchev–Trinajstić information content (AvgIpc) is 2.30. The topological polar surface area (TPSA) is 30.5 Å². The van der Waals surface area contributed by atoms with Crippen molar-refractivity contribution in [1.82, 2.24) is 5.32 Å². The summed E-state index contributed by atoms with van der Waals surface area (Å²) in [5.41, 5.74) is 1.14. The van der Waals surface area contributed by atoms with Crippen molar-refractivity contribution < 1.29 is 9.47 Å². The Bertz CT molecular complexity index is 289. The first-order valence-corrected chi connectivity index (χ1v) is 5.21. The molecule has 15 heavy (non-hydrogen) atoms. The van der Waals surface area contributed by atoms with Crippen LogP contribution in [0.5, 0.6) is 5.75 Å². The molecule has 0 saturated heterocycles. The van der Waals surface area contributed by atoms with E-state index in [9.17, 15) is 0 Å². The molecule has 3 heteroatoms. The molecule has 1 unspecified atom stereocenters. The van der Waals surface area contributed by atoms with E-state index in [1.165, 1.54) is 0 Å². The van der Waals surface area contributed by atoms with E-state index in [1.54, 1.807) is 7.11 Å². The Morgan fingerprint density at radius 2 is 2.07 bits per heavy atom. The summed E-state index contributed by atoms with van der Waals surface area (Å²) in [5.74, 6) is 0.900. The highest BCUT2D eigenvalue weighted by Gasteiger charge is 2.13. The van der Waals surface area contributed by atoms with E-state index in [0.717, 1.165) is 17.9 Å². The Balaban J connectivity index is 2.80. The summed E-state index contributed by atoms with van der Waals surface area (Å²) in [5, 5.41) is 3.22. The smallest absolute Gasteiger partial charge is 0.123 e. The molecule has 84 valence electrons. The van der Waals surface area contributed by atoms with Gasteiger partial charge in [0.15, 0.2) is 0 Å². The monoisotopic (exact) mass is 209 g/mol. The van der Waals surface area contributed by atoms with Crippen LogP contribution >= 0.6 is 0 Å². The SMILES string of the molecule is CCOCC(NC)c1ccccc1OC. The first-order chi connectivity index (χ1) is 7.33. The lowest BCUT2D eigenvalue weighted by Crippen LogP contribution is -2.22. The van der Waals surface area contributed by atoms with Gasteiger partial charge in [-0.15, -0.1) is 0 Å². The maximum Gasteiger partial charge on any atom is 0.123 e. The van der Waals surface area contributed by atoms with Gasteiger partial charge >= 0.3 is 0 Å². The molecule has 0 saturated carbocycles. The third-order valence-electron chi connectivity index (χ3n) is 2.35. The average molecular weight is 209 g/mol. The molecular weight excluding hydrogens is 190 g/mol. The van der Waals surface area contributed by atoms with E-state index in [2.05, 4.69) is 11.4 Å². The highest BCUT2D eigenvalue weighted by atomic mass is 16.5. The Kier molecular flexibility index (Phi) is 5.15. The van der Waals surface area contributed by atoms with Gasteiger partial charge in [0.25, 0.3) is 0 Å². The summed E-state index contributed by atoms with van der Waals surface area (Å²) in [7, 11) is 3.61. The third kappa shape index (κ3) is 3.22. The van der Waals surface area contributed by atoms with Crippen LogP contribution in [-0.2, 0) is 4.74 Å². The fourth-order valence-corrected chi connectivity index (χ4v) is 1.52. The van der Waals surface area contributed by atoms with Crippen molar-refractivity contribution in [2.45, 2.75) is 13.0 Å². The van der Waals surface area contributed by atoms with Crippen LogP contribution in [-0.4, -0.2) is 27.4 Å². The molecule has 0 amide bonds. The van der Waals surface area contributed by atoms with Gasteiger partial charge in [-0.3, -0.25) is 0 Å². The first-order valence-electron chi connectivity index (χ1n) is 5.21. The molecule has 1 aromatic rings. The van der Waals surface area contributed by atoms with Gasteiger partial charge in [0.1, 0.15) is 5.75 Å². The lowest BCUT2D eigenvalue weighted by atomic mass is 10.1. The largest absolute Gasteiger partial charge is 0.496 e. The van der Waals surface area contributed by atoms with E-state index >= 15 is 0 Å². The molecule has 3 nitrogen and oxygen atoms in total. The van der Waals surface area contributed by atoms with Crippen molar-refractivity contribution >= 4 is 0 Å². The fourth-order valence-electron chi connectivity index (χ4n) is 1.52. The number of hydrogen-bond acceptors (Lipinski definition) is 3. The zero-order chi connectivity index (χ0) is 11.1. The first kappa shape index (κ1) is 12.0. The summed E-state index contributed by atoms with van der Waals surface area (Å²) >= 11 is 0. The third-order valence-corrected chi connectivity index (χ3v) is 2.35. The summed E-state index contributed by atoms with van der Waals surface area (Å²) in [4.78, 5) is 0. The molecule has 0 spiro atoms. The second kappa shape index (κ2) is 6.43. The quantitative estimate of drug-likeness (QED) is 0.777. The molecule has 0 aliphatic heterocycles. The van der Waals surface area contributed by atoms with E-state index in [-0.39, 0.29) is 6.04 Å². The van der Waals surface area contributed by atoms with E-state index < -0.39 is 0 Å². The number of nitrogens with one attached hydrogen (secondary N) is 1. The van der Waals surface area contributed by atoms with E-state index in [0.29, 0.717) is 6.61 Å². The number of ether oxygens (including phenoxy) is 2. The fraction of sp³-hybridized carbons (Fsp3) is 0.500. The van der Waals surface area contributed by atoms with Crippen molar-refractivity contribution in [1.29, 1.82) is 0 Å². The molecular formula is C12H19NO2. The number of benzene rings is 1. The lowest BCUT2D eigenvalue weighted by Gasteiger charge is -2.18. The molecule has 0 heterocycles. The molecule has 0 aromatic heterocycles. The number of methoxy groups -OCH3 is 1. The second-order valence-electron chi connectivity index (χ2n) is 3.24. The van der Waals surface area contributed by atoms with Crippen LogP contribution in [0, 0.1) is 0 Å². The van der Waals surface area contributed by atoms with Crippen molar-refractivity contribution in [3.8, 4) is 5.75 Å². The second-order valence-corrected chi connectivity index (χ2v) is 3.24. The zero-order valence-corrected chi connectivity index (χ0v) is 9.62. The Labute approximate surface area is 91.4 Å². The number of likely N-dealkylation sites (N-methyl/N-ethyl adjacent to an activating group) is 1. The molecule has 0 aliphatic rings. The number of para-hydroxylation sites is 1. The van der Waals surface area contributed by atoms with Crippen LogP contribution in [0.2, 0.25) is 0 Å². The van der Waals surface area contributed by atoms with Crippen molar-refractivity contribution in [3.63, 3.8) is 0 Å². The normalized spacial score (nSPS) is 12.5. The van der Waals surface area contributed by atoms with Crippen LogP contribution in [0.15, 0.2) is 24.3 Å². The molecule has 1 atom stereocenters. The van der Waals surface area contributed by atoms with Crippen LogP contribution < -0.4 is 10.1 Å². The highest BCUT2D eigenvalue weighted by Crippen LogP contribution is 2.24. The summed E-state index contributed by atoms with van der Waals surface area (Å²) < 4.78 is 10.7. The summed E-state index contributed by atoms with van der Waals surface area (Å²) in [6.07, 6.45) is 0. The van der Waals surface area contributed by atoms with Gasteiger partial charge in [0.2, 0.25) is 0 Å². The zero-order valence-electron chi connectivity index (χ0n) is 9.62.